The molecule has 2 rings (SSSR count). The third kappa shape index (κ3) is 7.28. The van der Waals surface area contributed by atoms with E-state index in [1.807, 2.05) is 38.1 Å². The number of benzene rings is 2. The minimum Gasteiger partial charge on any atom is -0.491 e. The highest BCUT2D eigenvalue weighted by molar-refractivity contribution is 5.96. The van der Waals surface area contributed by atoms with Gasteiger partial charge in [0.2, 0.25) is 5.91 Å². The van der Waals surface area contributed by atoms with Crippen molar-refractivity contribution in [3.63, 3.8) is 0 Å². The number of methoxy groups -OCH3 is 1. The summed E-state index contributed by atoms with van der Waals surface area (Å²) in [6, 6.07) is 14.2. The summed E-state index contributed by atoms with van der Waals surface area (Å²) in [4.78, 5) is 24.0. The van der Waals surface area contributed by atoms with Crippen LogP contribution in [-0.4, -0.2) is 44.7 Å². The highest BCUT2D eigenvalue weighted by Gasteiger charge is 2.08. The number of hydrogen-bond donors (Lipinski definition) is 3. The van der Waals surface area contributed by atoms with E-state index in [2.05, 4.69) is 16.0 Å². The second kappa shape index (κ2) is 10.9. The van der Waals surface area contributed by atoms with Gasteiger partial charge in [-0.2, -0.15) is 0 Å². The number of carbonyl (C=O) groups excluding carboxylic acids is 2. The van der Waals surface area contributed by atoms with E-state index in [4.69, 9.17) is 9.47 Å². The fraction of sp³-hybridized carbons (Fsp3) is 0.333. The van der Waals surface area contributed by atoms with Crippen LogP contribution in [0.1, 0.15) is 24.2 Å². The lowest BCUT2D eigenvalue weighted by Crippen LogP contribution is -2.30. The number of rotatable bonds is 10. The van der Waals surface area contributed by atoms with Gasteiger partial charge < -0.3 is 25.4 Å². The lowest BCUT2D eigenvalue weighted by atomic mass is 10.2. The summed E-state index contributed by atoms with van der Waals surface area (Å²) in [5, 5.41) is 8.67. The minimum absolute atomic E-state index is 0.0731. The monoisotopic (exact) mass is 385 g/mol. The Hall–Kier alpha value is -3.06. The van der Waals surface area contributed by atoms with Crippen LogP contribution in [-0.2, 0) is 9.53 Å². The zero-order valence-corrected chi connectivity index (χ0v) is 16.5. The minimum atomic E-state index is -0.181. The summed E-state index contributed by atoms with van der Waals surface area (Å²) in [5.74, 6) is 0.428. The maximum atomic E-state index is 12.1. The van der Waals surface area contributed by atoms with Crippen molar-refractivity contribution in [1.82, 2.24) is 5.32 Å². The average Bonchev–Trinajstić information content (AvgIpc) is 2.67. The van der Waals surface area contributed by atoms with Gasteiger partial charge in [-0.05, 0) is 62.4 Å². The molecule has 0 aliphatic heterocycles. The molecule has 0 aliphatic carbocycles. The van der Waals surface area contributed by atoms with Crippen molar-refractivity contribution in [3.8, 4) is 5.75 Å². The van der Waals surface area contributed by atoms with Crippen LogP contribution in [0.25, 0.3) is 0 Å². The molecular formula is C21H27N3O4. The van der Waals surface area contributed by atoms with E-state index in [9.17, 15) is 9.59 Å². The summed E-state index contributed by atoms with van der Waals surface area (Å²) in [6.07, 6.45) is 0. The Morgan fingerprint density at radius 3 is 2.18 bits per heavy atom. The molecule has 0 saturated heterocycles. The molecule has 28 heavy (non-hydrogen) atoms. The summed E-state index contributed by atoms with van der Waals surface area (Å²) in [5.41, 5.74) is 2.00. The molecular weight excluding hydrogens is 358 g/mol. The first-order chi connectivity index (χ1) is 13.5. The van der Waals surface area contributed by atoms with Gasteiger partial charge in [-0.3, -0.25) is 9.59 Å². The number of carbonyl (C=O) groups is 2. The van der Waals surface area contributed by atoms with Crippen LogP contribution in [0.15, 0.2) is 48.5 Å². The third-order valence-electron chi connectivity index (χ3n) is 3.71. The van der Waals surface area contributed by atoms with E-state index in [0.29, 0.717) is 24.5 Å². The molecule has 0 aliphatic rings. The lowest BCUT2D eigenvalue weighted by Gasteiger charge is -2.10. The third-order valence-corrected chi connectivity index (χ3v) is 3.71. The summed E-state index contributed by atoms with van der Waals surface area (Å²) >= 11 is 0. The Morgan fingerprint density at radius 2 is 1.57 bits per heavy atom. The van der Waals surface area contributed by atoms with Crippen LogP contribution in [0.5, 0.6) is 5.75 Å². The van der Waals surface area contributed by atoms with E-state index in [1.165, 1.54) is 0 Å². The van der Waals surface area contributed by atoms with Gasteiger partial charge in [-0.25, -0.2) is 0 Å². The molecule has 150 valence electrons. The number of anilines is 2. The van der Waals surface area contributed by atoms with Crippen LogP contribution in [0.4, 0.5) is 11.4 Å². The summed E-state index contributed by atoms with van der Waals surface area (Å²) in [7, 11) is 1.62. The van der Waals surface area contributed by atoms with Gasteiger partial charge in [0.25, 0.3) is 5.91 Å². The van der Waals surface area contributed by atoms with Crippen molar-refractivity contribution >= 4 is 23.2 Å². The predicted octanol–water partition coefficient (Wildman–Crippen LogP) is 2.90. The summed E-state index contributed by atoms with van der Waals surface area (Å²) < 4.78 is 10.4. The van der Waals surface area contributed by atoms with Crippen molar-refractivity contribution in [2.45, 2.75) is 19.9 Å². The van der Waals surface area contributed by atoms with E-state index in [-0.39, 0.29) is 24.4 Å². The molecule has 7 heteroatoms. The molecule has 3 N–H and O–H groups in total. The average molecular weight is 385 g/mol. The van der Waals surface area contributed by atoms with Gasteiger partial charge >= 0.3 is 0 Å². The van der Waals surface area contributed by atoms with Gasteiger partial charge in [-0.15, -0.1) is 0 Å². The van der Waals surface area contributed by atoms with E-state index in [0.717, 1.165) is 11.4 Å². The zero-order chi connectivity index (χ0) is 20.4. The molecule has 2 aromatic carbocycles. The maximum absolute atomic E-state index is 12.1. The van der Waals surface area contributed by atoms with Gasteiger partial charge in [0, 0.05) is 30.1 Å². The molecule has 0 saturated carbocycles. The molecule has 0 fully saturated rings. The Bertz CT molecular complexity index is 758. The van der Waals surface area contributed by atoms with E-state index in [1.54, 1.807) is 31.4 Å². The van der Waals surface area contributed by atoms with Crippen LogP contribution in [0.3, 0.4) is 0 Å². The van der Waals surface area contributed by atoms with Crippen molar-refractivity contribution in [2.75, 3.05) is 37.5 Å². The standard InChI is InChI=1S/C21H27N3O4/c1-15(2)23-21(26)16-4-6-18(7-5-16)24-20(25)14-22-17-8-10-19(11-9-17)28-13-12-27-3/h4-11,15,22H,12-14H2,1-3H3,(H,23,26)(H,24,25). The maximum Gasteiger partial charge on any atom is 0.251 e. The van der Waals surface area contributed by atoms with Gasteiger partial charge in [0.15, 0.2) is 0 Å². The molecule has 0 radical (unpaired) electrons. The first-order valence-corrected chi connectivity index (χ1v) is 9.14. The number of amides is 2. The Kier molecular flexibility index (Phi) is 8.30. The Balaban J connectivity index is 1.78. The highest BCUT2D eigenvalue weighted by atomic mass is 16.5. The Labute approximate surface area is 165 Å². The number of ether oxygens (including phenoxy) is 2. The molecule has 0 spiro atoms. The van der Waals surface area contributed by atoms with Gasteiger partial charge in [0.1, 0.15) is 12.4 Å². The topological polar surface area (TPSA) is 88.7 Å². The molecule has 0 unspecified atom stereocenters. The molecule has 2 aromatic rings. The first-order valence-electron chi connectivity index (χ1n) is 9.14. The normalized spacial score (nSPS) is 10.4. The fourth-order valence-electron chi connectivity index (χ4n) is 2.35. The van der Waals surface area contributed by atoms with Crippen LogP contribution in [0, 0.1) is 0 Å². The molecule has 0 heterocycles. The summed E-state index contributed by atoms with van der Waals surface area (Å²) in [6.45, 7) is 4.95. The van der Waals surface area contributed by atoms with Crippen LogP contribution in [0.2, 0.25) is 0 Å². The second-order valence-corrected chi connectivity index (χ2v) is 6.47. The molecule has 0 atom stereocenters. The van der Waals surface area contributed by atoms with Crippen molar-refractivity contribution in [3.05, 3.63) is 54.1 Å². The molecule has 0 bridgehead atoms. The molecule has 2 amide bonds. The Morgan fingerprint density at radius 1 is 0.929 bits per heavy atom. The fourth-order valence-corrected chi connectivity index (χ4v) is 2.35. The molecule has 0 aromatic heterocycles. The highest BCUT2D eigenvalue weighted by Crippen LogP contribution is 2.15. The SMILES string of the molecule is COCCOc1ccc(NCC(=O)Nc2ccc(C(=O)NC(C)C)cc2)cc1. The molecule has 7 nitrogen and oxygen atoms in total. The lowest BCUT2D eigenvalue weighted by molar-refractivity contribution is -0.114. The van der Waals surface area contributed by atoms with Crippen molar-refractivity contribution in [2.24, 2.45) is 0 Å². The van der Waals surface area contributed by atoms with E-state index < -0.39 is 0 Å². The van der Waals surface area contributed by atoms with E-state index >= 15 is 0 Å². The van der Waals surface area contributed by atoms with Gasteiger partial charge in [0.05, 0.1) is 13.2 Å². The van der Waals surface area contributed by atoms with Crippen LogP contribution >= 0.6 is 0 Å². The predicted molar refractivity (Wildman–Crippen MR) is 110 cm³/mol. The number of nitrogens with one attached hydrogen (secondary N) is 3. The quantitative estimate of drug-likeness (QED) is 0.547. The second-order valence-electron chi connectivity index (χ2n) is 6.47. The van der Waals surface area contributed by atoms with Gasteiger partial charge in [-0.1, -0.05) is 0 Å². The first kappa shape index (κ1) is 21.2. The largest absolute Gasteiger partial charge is 0.491 e. The van der Waals surface area contributed by atoms with Crippen molar-refractivity contribution in [1.29, 1.82) is 0 Å². The number of hydrogen-bond acceptors (Lipinski definition) is 5. The van der Waals surface area contributed by atoms with Crippen molar-refractivity contribution < 1.29 is 19.1 Å². The van der Waals surface area contributed by atoms with Crippen LogP contribution < -0.4 is 20.7 Å². The smallest absolute Gasteiger partial charge is 0.251 e. The zero-order valence-electron chi connectivity index (χ0n) is 16.5.